The first kappa shape index (κ1) is 28.4. The van der Waals surface area contributed by atoms with Crippen molar-refractivity contribution in [1.82, 2.24) is 4.57 Å². The van der Waals surface area contributed by atoms with E-state index >= 15 is 0 Å². The zero-order valence-corrected chi connectivity index (χ0v) is 28.3. The predicted octanol–water partition coefficient (Wildman–Crippen LogP) is 14.1. The van der Waals surface area contributed by atoms with Crippen molar-refractivity contribution in [3.63, 3.8) is 0 Å². The molecule has 0 saturated heterocycles. The quantitative estimate of drug-likeness (QED) is 0.183. The van der Waals surface area contributed by atoms with Crippen LogP contribution in [0.3, 0.4) is 0 Å². The molecule has 0 radical (unpaired) electrons. The molecule has 2 nitrogen and oxygen atoms in total. The van der Waals surface area contributed by atoms with E-state index < -0.39 is 0 Å². The molecule has 0 bridgehead atoms. The van der Waals surface area contributed by atoms with Crippen LogP contribution >= 0.6 is 11.3 Å². The number of hydrogen-bond acceptors (Lipinski definition) is 2. The predicted molar refractivity (Wildman–Crippen MR) is 217 cm³/mol. The zero-order valence-electron chi connectivity index (χ0n) is 27.5. The van der Waals surface area contributed by atoms with Gasteiger partial charge in [-0.15, -0.1) is 11.3 Å². The molecule has 238 valence electrons. The van der Waals surface area contributed by atoms with Crippen molar-refractivity contribution in [2.45, 2.75) is 0 Å². The maximum Gasteiger partial charge on any atom is 0.143 e. The minimum Gasteiger partial charge on any atom is -0.455 e. The Labute approximate surface area is 298 Å². The molecular formula is C48H29NOS. The van der Waals surface area contributed by atoms with Crippen LogP contribution in [-0.2, 0) is 0 Å². The summed E-state index contributed by atoms with van der Waals surface area (Å²) in [5.74, 6) is 0. The Hall–Kier alpha value is -6.42. The molecule has 0 fully saturated rings. The number of aromatic nitrogens is 1. The molecule has 3 heteroatoms. The van der Waals surface area contributed by atoms with Gasteiger partial charge in [0.2, 0.25) is 0 Å². The van der Waals surface area contributed by atoms with Crippen LogP contribution in [0.4, 0.5) is 0 Å². The highest BCUT2D eigenvalue weighted by molar-refractivity contribution is 7.25. The van der Waals surface area contributed by atoms with Gasteiger partial charge in [-0.25, -0.2) is 0 Å². The van der Waals surface area contributed by atoms with Crippen molar-refractivity contribution in [3.8, 4) is 39.1 Å². The maximum absolute atomic E-state index is 6.66. The molecule has 11 rings (SSSR count). The number of furan rings is 1. The zero-order chi connectivity index (χ0) is 33.5. The number of rotatable bonds is 4. The highest BCUT2D eigenvalue weighted by Crippen LogP contribution is 2.42. The van der Waals surface area contributed by atoms with Gasteiger partial charge in [0, 0.05) is 53.0 Å². The van der Waals surface area contributed by atoms with Crippen LogP contribution < -0.4 is 0 Å². The summed E-state index contributed by atoms with van der Waals surface area (Å²) in [6.45, 7) is 0. The Morgan fingerprint density at radius 2 is 1.04 bits per heavy atom. The van der Waals surface area contributed by atoms with Gasteiger partial charge < -0.3 is 8.98 Å². The Morgan fingerprint density at radius 3 is 1.96 bits per heavy atom. The summed E-state index contributed by atoms with van der Waals surface area (Å²) in [6.07, 6.45) is 0. The van der Waals surface area contributed by atoms with E-state index in [9.17, 15) is 0 Å². The minimum atomic E-state index is 0.894. The summed E-state index contributed by atoms with van der Waals surface area (Å²) in [4.78, 5) is 0. The average Bonchev–Trinajstić information content (AvgIpc) is 3.87. The number of para-hydroxylation sites is 2. The number of fused-ring (bicyclic) bond motifs is 9. The summed E-state index contributed by atoms with van der Waals surface area (Å²) >= 11 is 1.86. The number of thiophene rings is 1. The molecule has 3 heterocycles. The van der Waals surface area contributed by atoms with Crippen LogP contribution in [0.25, 0.3) is 103 Å². The smallest absolute Gasteiger partial charge is 0.143 e. The van der Waals surface area contributed by atoms with Gasteiger partial charge >= 0.3 is 0 Å². The molecule has 3 aromatic heterocycles. The number of hydrogen-bond donors (Lipinski definition) is 0. The summed E-state index contributed by atoms with van der Waals surface area (Å²) in [6, 6.07) is 63.8. The maximum atomic E-state index is 6.66. The molecule has 51 heavy (non-hydrogen) atoms. The Morgan fingerprint density at radius 1 is 0.373 bits per heavy atom. The summed E-state index contributed by atoms with van der Waals surface area (Å²) < 4.78 is 11.7. The highest BCUT2D eigenvalue weighted by Gasteiger charge is 2.19. The lowest BCUT2D eigenvalue weighted by atomic mass is 9.97. The molecule has 0 atom stereocenters. The van der Waals surface area contributed by atoms with Gasteiger partial charge in [-0.3, -0.25) is 0 Å². The van der Waals surface area contributed by atoms with Crippen LogP contribution in [0.1, 0.15) is 0 Å². The lowest BCUT2D eigenvalue weighted by Crippen LogP contribution is -1.95. The van der Waals surface area contributed by atoms with E-state index in [1.165, 1.54) is 64.2 Å². The molecule has 0 spiro atoms. The third-order valence-electron chi connectivity index (χ3n) is 10.4. The van der Waals surface area contributed by atoms with Crippen LogP contribution in [0.2, 0.25) is 0 Å². The first-order valence-electron chi connectivity index (χ1n) is 17.3. The van der Waals surface area contributed by atoms with E-state index in [-0.39, 0.29) is 0 Å². The summed E-state index contributed by atoms with van der Waals surface area (Å²) in [5, 5.41) is 7.34. The first-order valence-corrected chi connectivity index (χ1v) is 18.1. The molecule has 0 amide bonds. The number of benzene rings is 8. The fraction of sp³-hybridized carbons (Fsp3) is 0. The molecule has 0 saturated carbocycles. The topological polar surface area (TPSA) is 18.1 Å². The average molecular weight is 668 g/mol. The van der Waals surface area contributed by atoms with Crippen LogP contribution in [0.15, 0.2) is 180 Å². The van der Waals surface area contributed by atoms with Crippen molar-refractivity contribution in [1.29, 1.82) is 0 Å². The third kappa shape index (κ3) is 4.42. The first-order chi connectivity index (χ1) is 25.3. The normalized spacial score (nSPS) is 11.9. The van der Waals surface area contributed by atoms with Crippen molar-refractivity contribution < 1.29 is 4.42 Å². The lowest BCUT2D eigenvalue weighted by Gasteiger charge is -2.13. The van der Waals surface area contributed by atoms with E-state index in [0.29, 0.717) is 0 Å². The van der Waals surface area contributed by atoms with Gasteiger partial charge in [0.1, 0.15) is 11.2 Å². The lowest BCUT2D eigenvalue weighted by molar-refractivity contribution is 0.670. The molecule has 0 aliphatic carbocycles. The molecule has 0 N–H and O–H groups in total. The van der Waals surface area contributed by atoms with Crippen molar-refractivity contribution in [3.05, 3.63) is 176 Å². The van der Waals surface area contributed by atoms with Gasteiger partial charge in [-0.2, -0.15) is 0 Å². The summed E-state index contributed by atoms with van der Waals surface area (Å²) in [5.41, 5.74) is 12.3. The molecule has 0 aliphatic heterocycles. The fourth-order valence-corrected chi connectivity index (χ4v) is 9.07. The van der Waals surface area contributed by atoms with Gasteiger partial charge in [0.25, 0.3) is 0 Å². The third-order valence-corrected chi connectivity index (χ3v) is 11.5. The highest BCUT2D eigenvalue weighted by atomic mass is 32.1. The second-order valence-corrected chi connectivity index (χ2v) is 14.4. The van der Waals surface area contributed by atoms with Crippen LogP contribution in [-0.4, -0.2) is 4.57 Å². The van der Waals surface area contributed by atoms with Gasteiger partial charge in [-0.05, 0) is 82.4 Å². The Bertz CT molecular complexity index is 3140. The van der Waals surface area contributed by atoms with Crippen LogP contribution in [0, 0.1) is 0 Å². The Kier molecular flexibility index (Phi) is 6.16. The fourth-order valence-electron chi connectivity index (χ4n) is 7.99. The SMILES string of the molecule is c1ccc(-c2cccc(-c3cc(-n4c5ccccc5c5ccc(-c6ccc7sc8ccccc8c7c6)cc54)cc4c3oc3ccccc34)c2)cc1. The largest absolute Gasteiger partial charge is 0.455 e. The molecule has 8 aromatic carbocycles. The standard InChI is InChI=1S/C48H29NOS/c1-2-11-30(12-3-1)31-13-10-14-34(25-31)40-28-35(29-42-38-16-5-8-19-45(38)50-48(40)42)49-43-18-7-4-15-36(43)37-23-21-33(27-44(37)49)32-22-24-47-41(26-32)39-17-6-9-20-46(39)51-47/h1-29H. The monoisotopic (exact) mass is 667 g/mol. The van der Waals surface area contributed by atoms with E-state index in [1.807, 2.05) is 17.4 Å². The Balaban J connectivity index is 1.18. The van der Waals surface area contributed by atoms with Crippen molar-refractivity contribution >= 4 is 75.3 Å². The minimum absolute atomic E-state index is 0.894. The van der Waals surface area contributed by atoms with Gasteiger partial charge in [-0.1, -0.05) is 121 Å². The van der Waals surface area contributed by atoms with Crippen LogP contribution in [0.5, 0.6) is 0 Å². The second-order valence-electron chi connectivity index (χ2n) is 13.3. The van der Waals surface area contributed by atoms with E-state index in [0.717, 1.165) is 38.8 Å². The van der Waals surface area contributed by atoms with Gasteiger partial charge in [0.15, 0.2) is 0 Å². The molecule has 0 aliphatic rings. The van der Waals surface area contributed by atoms with Crippen molar-refractivity contribution in [2.24, 2.45) is 0 Å². The molecular weight excluding hydrogens is 639 g/mol. The van der Waals surface area contributed by atoms with E-state index in [2.05, 4.69) is 174 Å². The number of nitrogens with zero attached hydrogens (tertiary/aromatic N) is 1. The molecule has 0 unspecified atom stereocenters. The molecule has 11 aromatic rings. The van der Waals surface area contributed by atoms with Crippen molar-refractivity contribution in [2.75, 3.05) is 0 Å². The summed E-state index contributed by atoms with van der Waals surface area (Å²) in [7, 11) is 0. The van der Waals surface area contributed by atoms with E-state index in [4.69, 9.17) is 4.42 Å². The van der Waals surface area contributed by atoms with E-state index in [1.54, 1.807) is 0 Å². The van der Waals surface area contributed by atoms with Gasteiger partial charge in [0.05, 0.1) is 11.0 Å². The second kappa shape index (κ2) is 11.0.